The summed E-state index contributed by atoms with van der Waals surface area (Å²) in [5.74, 6) is 0.110. The van der Waals surface area contributed by atoms with E-state index < -0.39 is 18.0 Å². The first kappa shape index (κ1) is 32.6. The molecule has 4 aromatic rings. The van der Waals surface area contributed by atoms with Gasteiger partial charge in [-0.25, -0.2) is 4.98 Å². The molecule has 2 aliphatic carbocycles. The van der Waals surface area contributed by atoms with Crippen molar-refractivity contribution in [3.05, 3.63) is 63.0 Å². The number of rotatable bonds is 8. The highest BCUT2D eigenvalue weighted by Crippen LogP contribution is 2.47. The van der Waals surface area contributed by atoms with Gasteiger partial charge >= 0.3 is 6.18 Å². The van der Waals surface area contributed by atoms with E-state index in [9.17, 15) is 22.8 Å². The van der Waals surface area contributed by atoms with Crippen LogP contribution in [0, 0.1) is 24.7 Å². The number of aromatic nitrogens is 3. The summed E-state index contributed by atoms with van der Waals surface area (Å²) in [5.41, 5.74) is 3.71. The van der Waals surface area contributed by atoms with Crippen LogP contribution in [-0.4, -0.2) is 51.8 Å². The van der Waals surface area contributed by atoms with E-state index in [1.165, 1.54) is 12.5 Å². The van der Waals surface area contributed by atoms with E-state index in [4.69, 9.17) is 32.7 Å². The number of imidazole rings is 1. The van der Waals surface area contributed by atoms with Crippen LogP contribution in [-0.2, 0) is 13.6 Å². The van der Waals surface area contributed by atoms with Gasteiger partial charge in [0.25, 0.3) is 11.8 Å². The van der Waals surface area contributed by atoms with E-state index in [0.29, 0.717) is 55.9 Å². The number of piperidine rings is 1. The van der Waals surface area contributed by atoms with Gasteiger partial charge in [-0.2, -0.15) is 13.2 Å². The van der Waals surface area contributed by atoms with Crippen molar-refractivity contribution in [1.82, 2.24) is 25.3 Å². The predicted molar refractivity (Wildman–Crippen MR) is 176 cm³/mol. The molecule has 2 atom stereocenters. The molecular weight excluding hydrogens is 670 g/mol. The minimum absolute atomic E-state index is 0.00504. The summed E-state index contributed by atoms with van der Waals surface area (Å²) < 4.78 is 46.5. The van der Waals surface area contributed by atoms with Gasteiger partial charge in [0.15, 0.2) is 5.69 Å². The molecule has 0 radical (unpaired) electrons. The Balaban J connectivity index is 1.14. The van der Waals surface area contributed by atoms with Crippen molar-refractivity contribution in [3.8, 4) is 0 Å². The fourth-order valence-electron chi connectivity index (χ4n) is 6.90. The number of benzene rings is 2. The molecule has 15 heteroatoms. The number of carbonyl (C=O) groups is 2. The zero-order valence-electron chi connectivity index (χ0n) is 26.3. The van der Waals surface area contributed by atoms with Gasteiger partial charge in [0, 0.05) is 38.8 Å². The normalized spacial score (nSPS) is 22.1. The summed E-state index contributed by atoms with van der Waals surface area (Å²) >= 11 is 13.4. The van der Waals surface area contributed by atoms with Gasteiger partial charge in [-0.05, 0) is 74.6 Å². The van der Waals surface area contributed by atoms with E-state index in [0.717, 1.165) is 24.3 Å². The Morgan fingerprint density at radius 1 is 1.04 bits per heavy atom. The van der Waals surface area contributed by atoms with Crippen molar-refractivity contribution in [2.45, 2.75) is 57.8 Å². The van der Waals surface area contributed by atoms with Crippen molar-refractivity contribution in [3.63, 3.8) is 0 Å². The number of carbonyl (C=O) groups excluding carboxylic acids is 2. The number of hydrogen-bond donors (Lipinski definition) is 3. The Morgan fingerprint density at radius 3 is 2.44 bits per heavy atom. The zero-order valence-corrected chi connectivity index (χ0v) is 27.8. The van der Waals surface area contributed by atoms with Crippen LogP contribution in [0.4, 0.5) is 30.5 Å². The van der Waals surface area contributed by atoms with E-state index in [1.54, 1.807) is 25.1 Å². The van der Waals surface area contributed by atoms with Crippen LogP contribution in [0.2, 0.25) is 10.0 Å². The number of halogens is 5. The van der Waals surface area contributed by atoms with Gasteiger partial charge in [0.1, 0.15) is 5.76 Å². The van der Waals surface area contributed by atoms with E-state index >= 15 is 0 Å². The van der Waals surface area contributed by atoms with Crippen LogP contribution in [0.25, 0.3) is 11.0 Å². The summed E-state index contributed by atoms with van der Waals surface area (Å²) in [7, 11) is 1.84. The maximum Gasteiger partial charge on any atom is 0.391 e. The molecule has 2 aromatic heterocycles. The first-order valence-corrected chi connectivity index (χ1v) is 16.7. The summed E-state index contributed by atoms with van der Waals surface area (Å²) in [5, 5.41) is 13.4. The Morgan fingerprint density at radius 2 is 1.77 bits per heavy atom. The Labute approximate surface area is 284 Å². The number of aryl methyl sites for hydroxylation is 2. The number of amides is 2. The monoisotopic (exact) mass is 703 g/mol. The maximum atomic E-state index is 13.7. The number of nitrogens with one attached hydrogen (secondary N) is 3. The van der Waals surface area contributed by atoms with Crippen molar-refractivity contribution < 1.29 is 27.3 Å². The molecule has 2 amide bonds. The molecule has 1 saturated heterocycles. The van der Waals surface area contributed by atoms with Gasteiger partial charge in [0.05, 0.1) is 43.9 Å². The summed E-state index contributed by atoms with van der Waals surface area (Å²) in [6.07, 6.45) is -2.45. The van der Waals surface area contributed by atoms with Crippen molar-refractivity contribution in [2.75, 3.05) is 23.3 Å². The highest BCUT2D eigenvalue weighted by Gasteiger charge is 2.46. The van der Waals surface area contributed by atoms with Crippen LogP contribution in [0.3, 0.4) is 0 Å². The third-order valence-corrected chi connectivity index (χ3v) is 10.5. The molecule has 2 saturated carbocycles. The molecule has 3 N–H and O–H groups in total. The van der Waals surface area contributed by atoms with Crippen LogP contribution in [0.5, 0.6) is 0 Å². The highest BCUT2D eigenvalue weighted by atomic mass is 35.5. The maximum absolute atomic E-state index is 13.7. The molecule has 2 aromatic carbocycles. The van der Waals surface area contributed by atoms with E-state index in [-0.39, 0.29) is 49.9 Å². The first-order chi connectivity index (χ1) is 22.9. The lowest BCUT2D eigenvalue weighted by atomic mass is 9.85. The predicted octanol–water partition coefficient (Wildman–Crippen LogP) is 7.16. The zero-order chi connectivity index (χ0) is 33.9. The van der Waals surface area contributed by atoms with Gasteiger partial charge in [0.2, 0.25) is 5.95 Å². The average Bonchev–Trinajstić information content (AvgIpc) is 3.32. The van der Waals surface area contributed by atoms with Gasteiger partial charge in [-0.1, -0.05) is 34.4 Å². The van der Waals surface area contributed by atoms with Crippen LogP contribution in [0.1, 0.15) is 64.3 Å². The second-order valence-corrected chi connectivity index (χ2v) is 13.9. The number of nitrogens with zero attached hydrogens (tertiary/aromatic N) is 4. The lowest BCUT2D eigenvalue weighted by Crippen LogP contribution is -2.40. The summed E-state index contributed by atoms with van der Waals surface area (Å²) in [6.45, 7) is 3.50. The first-order valence-electron chi connectivity index (χ1n) is 15.9. The molecule has 0 spiro atoms. The fourth-order valence-corrected chi connectivity index (χ4v) is 7.44. The number of fused-ring (bicyclic) bond motifs is 2. The molecule has 0 bridgehead atoms. The van der Waals surface area contributed by atoms with Gasteiger partial charge in [-0.15, -0.1) is 0 Å². The van der Waals surface area contributed by atoms with E-state index in [2.05, 4.69) is 26.0 Å². The van der Waals surface area contributed by atoms with Gasteiger partial charge < -0.3 is 29.9 Å². The summed E-state index contributed by atoms with van der Waals surface area (Å²) in [6, 6.07) is 8.29. The van der Waals surface area contributed by atoms with Crippen LogP contribution < -0.4 is 20.9 Å². The average molecular weight is 705 g/mol. The second-order valence-electron chi connectivity index (χ2n) is 13.1. The third kappa shape index (κ3) is 6.41. The Kier molecular flexibility index (Phi) is 8.47. The second kappa shape index (κ2) is 12.5. The topological polar surface area (TPSA) is 117 Å². The molecule has 2 unspecified atom stereocenters. The minimum Gasteiger partial charge on any atom is -0.370 e. The minimum atomic E-state index is -4.21. The Bertz CT molecular complexity index is 1890. The Hall–Kier alpha value is -3.97. The number of alkyl halides is 3. The fraction of sp³-hybridized carbons (Fsp3) is 0.455. The molecule has 3 fully saturated rings. The molecule has 48 heavy (non-hydrogen) atoms. The largest absolute Gasteiger partial charge is 0.391 e. The highest BCUT2D eigenvalue weighted by molar-refractivity contribution is 6.39. The van der Waals surface area contributed by atoms with Crippen molar-refractivity contribution in [1.29, 1.82) is 0 Å². The molecule has 7 rings (SSSR count). The molecule has 3 aliphatic rings. The van der Waals surface area contributed by atoms with Crippen LogP contribution >= 0.6 is 23.2 Å². The number of hydrogen-bond acceptors (Lipinski definition) is 7. The van der Waals surface area contributed by atoms with Gasteiger partial charge in [-0.3, -0.25) is 9.59 Å². The van der Waals surface area contributed by atoms with Crippen molar-refractivity contribution >= 4 is 63.4 Å². The summed E-state index contributed by atoms with van der Waals surface area (Å²) in [4.78, 5) is 33.2. The van der Waals surface area contributed by atoms with Crippen molar-refractivity contribution in [2.24, 2.45) is 24.8 Å². The molecular formula is C33H34Cl2F3N7O3. The molecule has 10 nitrogen and oxygen atoms in total. The molecule has 3 heterocycles. The lowest BCUT2D eigenvalue weighted by molar-refractivity contribution is -0.182. The third-order valence-electron chi connectivity index (χ3n) is 9.80. The SMILES string of the molecule is Cc1cc(C(=O)NCc2ccc(Cl)c(Nc3nc4cc(C(=O)NC5CCC(C(F)(F)F)CC5)c(N5CC6CC6C5)cc4n3C)c2Cl)no1. The smallest absolute Gasteiger partial charge is 0.370 e. The quantitative estimate of drug-likeness (QED) is 0.178. The molecule has 1 aliphatic heterocycles. The standard InChI is InChI=1S/C33H34Cl2F3N7O3/c1-16-9-25(43-48-16)31(47)39-13-17-3-8-23(34)29(28(17)35)42-32-41-24-11-22(30(46)40-21-6-4-20(5-7-21)33(36,37)38)26(12-27(24)44(32)2)45-14-18-10-19(18)15-45/h3,8-9,11-12,18-21H,4-7,10,13-15H2,1-2H3,(H,39,47)(H,40,46)(H,41,42). The van der Waals surface area contributed by atoms with E-state index in [1.807, 2.05) is 17.7 Å². The molecule has 254 valence electrons. The lowest BCUT2D eigenvalue weighted by Gasteiger charge is -2.31. The number of anilines is 3. The van der Waals surface area contributed by atoms with Crippen LogP contribution in [0.15, 0.2) is 34.9 Å².